The minimum absolute atomic E-state index is 0.667. The number of piperazine rings is 1. The first-order valence-electron chi connectivity index (χ1n) is 10.8. The van der Waals surface area contributed by atoms with Gasteiger partial charge in [0.25, 0.3) is 0 Å². The largest absolute Gasteiger partial charge is 0.368 e. The van der Waals surface area contributed by atoms with E-state index in [4.69, 9.17) is 4.98 Å². The fraction of sp³-hybridized carbons (Fsp3) is 0.154. The van der Waals surface area contributed by atoms with Gasteiger partial charge in [0.2, 0.25) is 0 Å². The average Bonchev–Trinajstić information content (AvgIpc) is 3.31. The Labute approximate surface area is 192 Å². The van der Waals surface area contributed by atoms with Crippen LogP contribution in [0.3, 0.4) is 0 Å². The topological polar surface area (TPSA) is 81.6 Å². The van der Waals surface area contributed by atoms with Crippen molar-refractivity contribution in [2.75, 3.05) is 31.1 Å². The third kappa shape index (κ3) is 3.67. The van der Waals surface area contributed by atoms with E-state index >= 15 is 0 Å². The Bertz CT molecular complexity index is 1400. The SMILES string of the molecule is C=Cc1c(N=C)cccc1-c1cnn2cc(-c3ccc(N4CCNCC4)c(C#N)c3)cnc12. The standard InChI is InChI=1S/C26H23N7/c1-3-21-22(5-4-6-24(21)28-2)23-16-31-33-17-20(15-30-26(23)33)18-7-8-25(19(13-18)14-27)32-11-9-29-10-12-32/h3-8,13,15-17,29H,1-2,9-12H2. The lowest BCUT2D eigenvalue weighted by Crippen LogP contribution is -2.43. The Morgan fingerprint density at radius 3 is 2.70 bits per heavy atom. The molecule has 2 aromatic heterocycles. The number of benzene rings is 2. The molecule has 0 radical (unpaired) electrons. The summed E-state index contributed by atoms with van der Waals surface area (Å²) in [6, 6.07) is 14.2. The first kappa shape index (κ1) is 20.6. The van der Waals surface area contributed by atoms with Crippen molar-refractivity contribution in [1.82, 2.24) is 19.9 Å². The third-order valence-corrected chi connectivity index (χ3v) is 6.01. The van der Waals surface area contributed by atoms with Crippen LogP contribution in [0.5, 0.6) is 0 Å². The molecule has 7 heteroatoms. The van der Waals surface area contributed by atoms with E-state index in [2.05, 4.69) is 39.7 Å². The molecule has 1 aliphatic heterocycles. The lowest BCUT2D eigenvalue weighted by Gasteiger charge is -2.30. The summed E-state index contributed by atoms with van der Waals surface area (Å²) in [6.45, 7) is 11.2. The molecular formula is C26H23N7. The molecule has 0 aliphatic carbocycles. The van der Waals surface area contributed by atoms with Crippen LogP contribution in [0.1, 0.15) is 11.1 Å². The number of aromatic nitrogens is 3. The molecule has 0 bridgehead atoms. The van der Waals surface area contributed by atoms with Gasteiger partial charge in [-0.1, -0.05) is 30.9 Å². The summed E-state index contributed by atoms with van der Waals surface area (Å²) in [5, 5.41) is 17.7. The highest BCUT2D eigenvalue weighted by molar-refractivity contribution is 5.88. The highest BCUT2D eigenvalue weighted by Crippen LogP contribution is 2.34. The molecule has 0 atom stereocenters. The van der Waals surface area contributed by atoms with E-state index in [1.54, 1.807) is 16.8 Å². The van der Waals surface area contributed by atoms with Gasteiger partial charge in [-0.3, -0.25) is 4.99 Å². The number of aliphatic imine (C=N–C) groups is 1. The zero-order valence-electron chi connectivity index (χ0n) is 18.2. The molecule has 7 nitrogen and oxygen atoms in total. The molecule has 3 heterocycles. The highest BCUT2D eigenvalue weighted by Gasteiger charge is 2.17. The van der Waals surface area contributed by atoms with E-state index in [9.17, 15) is 5.26 Å². The maximum absolute atomic E-state index is 9.77. The summed E-state index contributed by atoms with van der Waals surface area (Å²) >= 11 is 0. The lowest BCUT2D eigenvalue weighted by atomic mass is 10.00. The summed E-state index contributed by atoms with van der Waals surface area (Å²) in [5.74, 6) is 0. The Balaban J connectivity index is 1.54. The molecule has 0 unspecified atom stereocenters. The van der Waals surface area contributed by atoms with Crippen LogP contribution in [0.2, 0.25) is 0 Å². The smallest absolute Gasteiger partial charge is 0.162 e. The van der Waals surface area contributed by atoms with Crippen molar-refractivity contribution in [2.45, 2.75) is 0 Å². The molecule has 0 spiro atoms. The average molecular weight is 434 g/mol. The highest BCUT2D eigenvalue weighted by atomic mass is 15.2. The summed E-state index contributed by atoms with van der Waals surface area (Å²) in [5.41, 5.74) is 7.73. The Kier molecular flexibility index (Phi) is 5.43. The fourth-order valence-electron chi connectivity index (χ4n) is 4.34. The quantitative estimate of drug-likeness (QED) is 0.474. The van der Waals surface area contributed by atoms with Crippen molar-refractivity contribution in [3.63, 3.8) is 0 Å². The van der Waals surface area contributed by atoms with Crippen LogP contribution in [-0.2, 0) is 0 Å². The number of nitrogens with one attached hydrogen (secondary N) is 1. The van der Waals surface area contributed by atoms with Gasteiger partial charge in [0.1, 0.15) is 6.07 Å². The number of hydrogen-bond donors (Lipinski definition) is 1. The summed E-state index contributed by atoms with van der Waals surface area (Å²) in [4.78, 5) is 11.1. The van der Waals surface area contributed by atoms with E-state index in [0.717, 1.165) is 71.0 Å². The normalized spacial score (nSPS) is 13.6. The summed E-state index contributed by atoms with van der Waals surface area (Å²) < 4.78 is 1.77. The van der Waals surface area contributed by atoms with Crippen LogP contribution in [0.25, 0.3) is 34.0 Å². The second kappa shape index (κ2) is 8.69. The third-order valence-electron chi connectivity index (χ3n) is 6.01. The van der Waals surface area contributed by atoms with Crippen molar-refractivity contribution >= 4 is 29.8 Å². The second-order valence-corrected chi connectivity index (χ2v) is 7.85. The van der Waals surface area contributed by atoms with Crippen LogP contribution >= 0.6 is 0 Å². The van der Waals surface area contributed by atoms with Crippen LogP contribution in [0, 0.1) is 11.3 Å². The molecule has 0 amide bonds. The van der Waals surface area contributed by atoms with E-state index < -0.39 is 0 Å². The molecular weight excluding hydrogens is 410 g/mol. The van der Waals surface area contributed by atoms with Crippen molar-refractivity contribution in [1.29, 1.82) is 5.26 Å². The maximum atomic E-state index is 9.77. The predicted octanol–water partition coefficient (Wildman–Crippen LogP) is 4.32. The van der Waals surface area contributed by atoms with Gasteiger partial charge in [0, 0.05) is 55.3 Å². The zero-order valence-corrected chi connectivity index (χ0v) is 18.2. The number of rotatable bonds is 5. The molecule has 1 aliphatic rings. The van der Waals surface area contributed by atoms with Crippen molar-refractivity contribution < 1.29 is 0 Å². The predicted molar refractivity (Wildman–Crippen MR) is 133 cm³/mol. The van der Waals surface area contributed by atoms with E-state index in [1.165, 1.54) is 0 Å². The van der Waals surface area contributed by atoms with Crippen molar-refractivity contribution in [3.05, 3.63) is 72.7 Å². The number of fused-ring (bicyclic) bond motifs is 1. The monoisotopic (exact) mass is 433 g/mol. The van der Waals surface area contributed by atoms with Crippen LogP contribution in [-0.4, -0.2) is 47.5 Å². The molecule has 162 valence electrons. The number of nitrogens with zero attached hydrogens (tertiary/aromatic N) is 6. The molecule has 1 saturated heterocycles. The van der Waals surface area contributed by atoms with Crippen molar-refractivity contribution in [3.8, 4) is 28.3 Å². The maximum Gasteiger partial charge on any atom is 0.162 e. The van der Waals surface area contributed by atoms with Crippen molar-refractivity contribution in [2.24, 2.45) is 4.99 Å². The number of anilines is 1. The molecule has 0 saturated carbocycles. The first-order valence-corrected chi connectivity index (χ1v) is 10.8. The van der Waals surface area contributed by atoms with E-state index in [0.29, 0.717) is 5.56 Å². The number of nitriles is 1. The summed E-state index contributed by atoms with van der Waals surface area (Å²) in [6.07, 6.45) is 7.34. The van der Waals surface area contributed by atoms with E-state index in [-0.39, 0.29) is 0 Å². The fourth-order valence-corrected chi connectivity index (χ4v) is 4.34. The Morgan fingerprint density at radius 2 is 1.94 bits per heavy atom. The Hall–Kier alpha value is -4.28. The number of hydrogen-bond acceptors (Lipinski definition) is 6. The van der Waals surface area contributed by atoms with Gasteiger partial charge in [-0.2, -0.15) is 10.4 Å². The lowest BCUT2D eigenvalue weighted by molar-refractivity contribution is 0.589. The van der Waals surface area contributed by atoms with Crippen LogP contribution in [0.4, 0.5) is 11.4 Å². The molecule has 5 rings (SSSR count). The minimum Gasteiger partial charge on any atom is -0.368 e. The van der Waals surface area contributed by atoms with Gasteiger partial charge in [0.05, 0.1) is 23.1 Å². The van der Waals surface area contributed by atoms with Gasteiger partial charge >= 0.3 is 0 Å². The van der Waals surface area contributed by atoms with Gasteiger partial charge in [-0.25, -0.2) is 9.50 Å². The zero-order chi connectivity index (χ0) is 22.8. The summed E-state index contributed by atoms with van der Waals surface area (Å²) in [7, 11) is 0. The van der Waals surface area contributed by atoms with Gasteiger partial charge < -0.3 is 10.2 Å². The minimum atomic E-state index is 0.667. The van der Waals surface area contributed by atoms with Gasteiger partial charge in [-0.15, -0.1) is 0 Å². The van der Waals surface area contributed by atoms with Crippen LogP contribution < -0.4 is 10.2 Å². The molecule has 2 aromatic carbocycles. The van der Waals surface area contributed by atoms with Gasteiger partial charge in [-0.05, 0) is 36.0 Å². The Morgan fingerprint density at radius 1 is 1.09 bits per heavy atom. The molecule has 4 aromatic rings. The molecule has 33 heavy (non-hydrogen) atoms. The first-order chi connectivity index (χ1) is 16.2. The van der Waals surface area contributed by atoms with E-state index in [1.807, 2.05) is 48.8 Å². The molecule has 1 N–H and O–H groups in total. The van der Waals surface area contributed by atoms with Gasteiger partial charge in [0.15, 0.2) is 5.65 Å². The second-order valence-electron chi connectivity index (χ2n) is 7.85. The van der Waals surface area contributed by atoms with Crippen LogP contribution in [0.15, 0.2) is 66.6 Å². The molecule has 1 fully saturated rings.